The number of carbonyl (C=O) groups is 1. The van der Waals surface area contributed by atoms with Gasteiger partial charge in [0.05, 0.1) is 7.11 Å². The molecule has 1 rings (SSSR count). The van der Waals surface area contributed by atoms with Crippen molar-refractivity contribution < 1.29 is 22.7 Å². The van der Waals surface area contributed by atoms with Crippen molar-refractivity contribution in [2.24, 2.45) is 5.92 Å². The fraction of sp³-hybridized carbons (Fsp3) is 0.462. The number of esters is 1. The van der Waals surface area contributed by atoms with Gasteiger partial charge in [0, 0.05) is 11.6 Å². The summed E-state index contributed by atoms with van der Waals surface area (Å²) < 4.78 is 44.2. The minimum Gasteiger partial charge on any atom is -0.468 e. The van der Waals surface area contributed by atoms with E-state index in [-0.39, 0.29) is 11.5 Å². The van der Waals surface area contributed by atoms with Crippen LogP contribution in [-0.4, -0.2) is 19.6 Å². The van der Waals surface area contributed by atoms with Gasteiger partial charge in [0.25, 0.3) is 0 Å². The molecule has 106 valence electrons. The van der Waals surface area contributed by atoms with Gasteiger partial charge in [-0.2, -0.15) is 0 Å². The second-order valence-corrected chi connectivity index (χ2v) is 4.55. The molecular formula is C13H16F3NO2. The lowest BCUT2D eigenvalue weighted by molar-refractivity contribution is -0.143. The zero-order chi connectivity index (χ0) is 14.6. The van der Waals surface area contributed by atoms with E-state index < -0.39 is 29.5 Å². The summed E-state index contributed by atoms with van der Waals surface area (Å²) in [5.74, 6) is -4.07. The highest BCUT2D eigenvalue weighted by Crippen LogP contribution is 2.22. The molecule has 0 bridgehead atoms. The van der Waals surface area contributed by atoms with Crippen molar-refractivity contribution in [1.82, 2.24) is 5.32 Å². The highest BCUT2D eigenvalue weighted by Gasteiger charge is 2.26. The Labute approximate surface area is 109 Å². The number of benzene rings is 1. The molecule has 0 spiro atoms. The number of hydrogen-bond donors (Lipinski definition) is 1. The van der Waals surface area contributed by atoms with Crippen LogP contribution in [0.2, 0.25) is 0 Å². The van der Waals surface area contributed by atoms with E-state index in [0.29, 0.717) is 18.7 Å². The topological polar surface area (TPSA) is 38.3 Å². The molecule has 0 aliphatic carbocycles. The number of rotatable bonds is 5. The Balaban J connectivity index is 3.10. The largest absolute Gasteiger partial charge is 0.468 e. The Bertz CT molecular complexity index is 463. The summed E-state index contributed by atoms with van der Waals surface area (Å²) in [7, 11) is 1.14. The van der Waals surface area contributed by atoms with Crippen molar-refractivity contribution in [1.29, 1.82) is 0 Å². The van der Waals surface area contributed by atoms with E-state index in [0.717, 1.165) is 7.11 Å². The summed E-state index contributed by atoms with van der Waals surface area (Å²) in [6.45, 7) is 4.18. The Morgan fingerprint density at radius 1 is 1.21 bits per heavy atom. The quantitative estimate of drug-likeness (QED) is 0.663. The molecule has 19 heavy (non-hydrogen) atoms. The molecule has 0 saturated heterocycles. The molecule has 3 nitrogen and oxygen atoms in total. The third-order valence-corrected chi connectivity index (χ3v) is 2.52. The van der Waals surface area contributed by atoms with Crippen LogP contribution in [0.1, 0.15) is 25.5 Å². The fourth-order valence-electron chi connectivity index (χ4n) is 1.55. The molecule has 1 unspecified atom stereocenters. The predicted octanol–water partition coefficient (Wildman–Crippen LogP) is 2.56. The minimum absolute atomic E-state index is 0.195. The highest BCUT2D eigenvalue weighted by molar-refractivity contribution is 5.77. The molecule has 6 heteroatoms. The van der Waals surface area contributed by atoms with Crippen LogP contribution < -0.4 is 5.32 Å². The van der Waals surface area contributed by atoms with Gasteiger partial charge in [-0.25, -0.2) is 18.0 Å². The maximum Gasteiger partial charge on any atom is 0.327 e. The first-order chi connectivity index (χ1) is 8.86. The molecule has 0 radical (unpaired) electrons. The smallest absolute Gasteiger partial charge is 0.327 e. The summed E-state index contributed by atoms with van der Waals surface area (Å²) in [4.78, 5) is 11.6. The fourth-order valence-corrected chi connectivity index (χ4v) is 1.55. The molecule has 0 aliphatic rings. The van der Waals surface area contributed by atoms with E-state index in [9.17, 15) is 18.0 Å². The molecule has 1 N–H and O–H groups in total. The van der Waals surface area contributed by atoms with Gasteiger partial charge < -0.3 is 10.1 Å². The Kier molecular flexibility index (Phi) is 5.35. The molecule has 1 aromatic carbocycles. The zero-order valence-corrected chi connectivity index (χ0v) is 11.0. The van der Waals surface area contributed by atoms with Gasteiger partial charge >= 0.3 is 5.97 Å². The summed E-state index contributed by atoms with van der Waals surface area (Å²) in [5, 5.41) is 2.77. The number of halogens is 3. The monoisotopic (exact) mass is 275 g/mol. The minimum atomic E-state index is -1.30. The van der Waals surface area contributed by atoms with Gasteiger partial charge in [-0.3, -0.25) is 0 Å². The number of methoxy groups -OCH3 is 1. The van der Waals surface area contributed by atoms with Crippen LogP contribution >= 0.6 is 0 Å². The third-order valence-electron chi connectivity index (χ3n) is 2.52. The highest BCUT2D eigenvalue weighted by atomic mass is 19.2. The Morgan fingerprint density at radius 2 is 1.79 bits per heavy atom. The maximum absolute atomic E-state index is 13.6. The van der Waals surface area contributed by atoms with Crippen LogP contribution in [0, 0.1) is 23.4 Å². The number of ether oxygens (including phenoxy) is 1. The second-order valence-electron chi connectivity index (χ2n) is 4.55. The van der Waals surface area contributed by atoms with Crippen LogP contribution in [0.4, 0.5) is 13.2 Å². The maximum atomic E-state index is 13.6. The van der Waals surface area contributed by atoms with E-state index in [1.54, 1.807) is 0 Å². The first-order valence-corrected chi connectivity index (χ1v) is 5.82. The standard InChI is InChI=1S/C13H16F3NO2/c1-7(2)6-17-12(13(18)19-3)8-4-10(15)11(16)5-9(8)14/h4-5,7,12,17H,6H2,1-3H3. The number of hydrogen-bond acceptors (Lipinski definition) is 3. The van der Waals surface area contributed by atoms with E-state index >= 15 is 0 Å². The van der Waals surface area contributed by atoms with Crippen molar-refractivity contribution in [2.75, 3.05) is 13.7 Å². The molecule has 1 aromatic rings. The van der Waals surface area contributed by atoms with Crippen molar-refractivity contribution in [2.45, 2.75) is 19.9 Å². The van der Waals surface area contributed by atoms with Crippen molar-refractivity contribution in [3.8, 4) is 0 Å². The molecule has 0 amide bonds. The number of carbonyl (C=O) groups excluding carboxylic acids is 1. The normalized spacial score (nSPS) is 12.6. The number of nitrogens with one attached hydrogen (secondary N) is 1. The van der Waals surface area contributed by atoms with Gasteiger partial charge in [-0.15, -0.1) is 0 Å². The summed E-state index contributed by atoms with van der Waals surface area (Å²) >= 11 is 0. The average molecular weight is 275 g/mol. The molecule has 0 fully saturated rings. The van der Waals surface area contributed by atoms with Crippen molar-refractivity contribution in [3.63, 3.8) is 0 Å². The van der Waals surface area contributed by atoms with Gasteiger partial charge in [0.2, 0.25) is 0 Å². The van der Waals surface area contributed by atoms with Crippen LogP contribution in [0.5, 0.6) is 0 Å². The Hall–Kier alpha value is -1.56. The van der Waals surface area contributed by atoms with Crippen LogP contribution in [0.3, 0.4) is 0 Å². The summed E-state index contributed by atoms with van der Waals surface area (Å²) in [6.07, 6.45) is 0. The lowest BCUT2D eigenvalue weighted by Crippen LogP contribution is -2.33. The van der Waals surface area contributed by atoms with Crippen LogP contribution in [-0.2, 0) is 9.53 Å². The Morgan fingerprint density at radius 3 is 2.32 bits per heavy atom. The van der Waals surface area contributed by atoms with Crippen LogP contribution in [0.25, 0.3) is 0 Å². The first-order valence-electron chi connectivity index (χ1n) is 5.82. The van der Waals surface area contributed by atoms with Crippen molar-refractivity contribution in [3.05, 3.63) is 35.1 Å². The molecule has 0 saturated carbocycles. The zero-order valence-electron chi connectivity index (χ0n) is 11.0. The van der Waals surface area contributed by atoms with E-state index in [1.807, 2.05) is 13.8 Å². The SMILES string of the molecule is COC(=O)C(NCC(C)C)c1cc(F)c(F)cc1F. The van der Waals surface area contributed by atoms with Gasteiger partial charge in [-0.05, 0) is 18.5 Å². The second kappa shape index (κ2) is 6.56. The molecule has 0 aromatic heterocycles. The summed E-state index contributed by atoms with van der Waals surface area (Å²) in [6, 6.07) is -0.0838. The average Bonchev–Trinajstić information content (AvgIpc) is 2.34. The molecule has 0 heterocycles. The summed E-state index contributed by atoms with van der Waals surface area (Å²) in [5.41, 5.74) is -0.272. The lowest BCUT2D eigenvalue weighted by Gasteiger charge is -2.19. The molecule has 1 atom stereocenters. The lowest BCUT2D eigenvalue weighted by atomic mass is 10.0. The van der Waals surface area contributed by atoms with Crippen LogP contribution in [0.15, 0.2) is 12.1 Å². The van der Waals surface area contributed by atoms with Gasteiger partial charge in [-0.1, -0.05) is 13.8 Å². The first kappa shape index (κ1) is 15.5. The van der Waals surface area contributed by atoms with Gasteiger partial charge in [0.1, 0.15) is 11.9 Å². The van der Waals surface area contributed by atoms with Gasteiger partial charge in [0.15, 0.2) is 11.6 Å². The third kappa shape index (κ3) is 3.96. The van der Waals surface area contributed by atoms with Crippen molar-refractivity contribution >= 4 is 5.97 Å². The molecular weight excluding hydrogens is 259 g/mol. The van der Waals surface area contributed by atoms with E-state index in [4.69, 9.17) is 0 Å². The molecule has 0 aliphatic heterocycles. The van der Waals surface area contributed by atoms with E-state index in [2.05, 4.69) is 10.1 Å². The van der Waals surface area contributed by atoms with E-state index in [1.165, 1.54) is 0 Å². The predicted molar refractivity (Wildman–Crippen MR) is 63.9 cm³/mol.